The van der Waals surface area contributed by atoms with E-state index in [4.69, 9.17) is 5.73 Å². The van der Waals surface area contributed by atoms with E-state index in [9.17, 15) is 4.79 Å². The van der Waals surface area contributed by atoms with Crippen molar-refractivity contribution in [2.75, 3.05) is 24.3 Å². The number of nitrogens with two attached hydrogens (primary N) is 1. The maximum atomic E-state index is 11.7. The fraction of sp³-hybridized carbons (Fsp3) is 0.462. The Hall–Kier alpha value is -1.55. The summed E-state index contributed by atoms with van der Waals surface area (Å²) in [6.07, 6.45) is 0.637. The molecule has 0 aliphatic carbocycles. The van der Waals surface area contributed by atoms with E-state index in [0.717, 1.165) is 11.4 Å². The molecule has 0 bridgehead atoms. The number of nitrogens with one attached hydrogen (secondary N) is 1. The lowest BCUT2D eigenvalue weighted by Gasteiger charge is -2.17. The lowest BCUT2D eigenvalue weighted by atomic mass is 10.1. The summed E-state index contributed by atoms with van der Waals surface area (Å²) >= 11 is 0. The van der Waals surface area contributed by atoms with Gasteiger partial charge >= 0.3 is 0 Å². The first-order chi connectivity index (χ1) is 7.95. The van der Waals surface area contributed by atoms with Crippen molar-refractivity contribution in [1.29, 1.82) is 0 Å². The summed E-state index contributed by atoms with van der Waals surface area (Å²) in [5.74, 6) is -0.138. The molecular weight excluding hydrogens is 214 g/mol. The van der Waals surface area contributed by atoms with E-state index in [0.29, 0.717) is 6.42 Å². The topological polar surface area (TPSA) is 58.4 Å². The fourth-order valence-corrected chi connectivity index (χ4v) is 1.59. The van der Waals surface area contributed by atoms with Gasteiger partial charge < -0.3 is 16.0 Å². The summed E-state index contributed by atoms with van der Waals surface area (Å²) < 4.78 is 0. The van der Waals surface area contributed by atoms with Crippen molar-refractivity contribution in [3.63, 3.8) is 0 Å². The Balaban J connectivity index is 2.86. The molecule has 4 nitrogen and oxygen atoms in total. The second-order valence-electron chi connectivity index (χ2n) is 4.40. The number of carbonyl (C=O) groups excluding carboxylic acids is 1. The molecule has 1 aromatic carbocycles. The van der Waals surface area contributed by atoms with Crippen LogP contribution in [-0.2, 0) is 4.79 Å². The second-order valence-corrected chi connectivity index (χ2v) is 4.40. The van der Waals surface area contributed by atoms with E-state index in [1.807, 2.05) is 51.0 Å². The predicted molar refractivity (Wildman–Crippen MR) is 72.4 cm³/mol. The molecule has 1 rings (SSSR count). The molecule has 0 radical (unpaired) electrons. The van der Waals surface area contributed by atoms with Crippen LogP contribution in [0.25, 0.3) is 0 Å². The average Bonchev–Trinajstić information content (AvgIpc) is 2.30. The third-order valence-electron chi connectivity index (χ3n) is 2.74. The van der Waals surface area contributed by atoms with Gasteiger partial charge in [-0.15, -0.1) is 0 Å². The van der Waals surface area contributed by atoms with Crippen LogP contribution in [0.3, 0.4) is 0 Å². The number of aryl methyl sites for hydroxylation is 1. The third-order valence-corrected chi connectivity index (χ3v) is 2.74. The van der Waals surface area contributed by atoms with Crippen molar-refractivity contribution in [3.05, 3.63) is 23.8 Å². The molecule has 0 aromatic heterocycles. The first kappa shape index (κ1) is 13.5. The maximum Gasteiger partial charge on any atom is 0.241 e. The fourth-order valence-electron chi connectivity index (χ4n) is 1.59. The first-order valence-corrected chi connectivity index (χ1v) is 5.80. The molecule has 0 unspecified atom stereocenters. The van der Waals surface area contributed by atoms with Crippen LogP contribution in [0.2, 0.25) is 0 Å². The molecule has 1 amide bonds. The van der Waals surface area contributed by atoms with Gasteiger partial charge in [0.25, 0.3) is 0 Å². The van der Waals surface area contributed by atoms with Crippen LogP contribution in [0.1, 0.15) is 18.9 Å². The quantitative estimate of drug-likeness (QED) is 0.835. The molecule has 94 valence electrons. The van der Waals surface area contributed by atoms with E-state index in [1.54, 1.807) is 0 Å². The van der Waals surface area contributed by atoms with Crippen LogP contribution >= 0.6 is 0 Å². The highest BCUT2D eigenvalue weighted by Gasteiger charge is 2.11. The minimum atomic E-state index is -0.445. The van der Waals surface area contributed by atoms with E-state index in [2.05, 4.69) is 5.32 Å². The molecule has 4 heteroatoms. The van der Waals surface area contributed by atoms with Crippen LogP contribution in [0.15, 0.2) is 18.2 Å². The van der Waals surface area contributed by atoms with Crippen molar-refractivity contribution < 1.29 is 4.79 Å². The standard InChI is InChI=1S/C13H21N3O/c1-5-11(14)13(17)15-10-7-6-9(2)12(8-10)16(3)4/h6-8,11H,5,14H2,1-4H3,(H,15,17)/t11-/m1/s1. The Morgan fingerprint density at radius 3 is 2.65 bits per heavy atom. The molecule has 1 aromatic rings. The van der Waals surface area contributed by atoms with Crippen LogP contribution in [0, 0.1) is 6.92 Å². The molecule has 0 saturated carbocycles. The zero-order valence-corrected chi connectivity index (χ0v) is 10.9. The number of hydrogen-bond donors (Lipinski definition) is 2. The van der Waals surface area contributed by atoms with Gasteiger partial charge in [0, 0.05) is 25.5 Å². The molecule has 0 aliphatic heterocycles. The van der Waals surface area contributed by atoms with Crippen molar-refractivity contribution in [1.82, 2.24) is 0 Å². The van der Waals surface area contributed by atoms with Gasteiger partial charge in [-0.1, -0.05) is 13.0 Å². The van der Waals surface area contributed by atoms with Crippen LogP contribution in [0.4, 0.5) is 11.4 Å². The molecule has 3 N–H and O–H groups in total. The molecule has 1 atom stereocenters. The van der Waals surface area contributed by atoms with Crippen molar-refractivity contribution in [3.8, 4) is 0 Å². The van der Waals surface area contributed by atoms with Gasteiger partial charge in [-0.3, -0.25) is 4.79 Å². The predicted octanol–water partition coefficient (Wildman–Crippen LogP) is 1.74. The normalized spacial score (nSPS) is 12.1. The third kappa shape index (κ3) is 3.46. The summed E-state index contributed by atoms with van der Waals surface area (Å²) in [4.78, 5) is 13.7. The van der Waals surface area contributed by atoms with Crippen LogP contribution < -0.4 is 16.0 Å². The Morgan fingerprint density at radius 1 is 1.47 bits per heavy atom. The molecule has 0 spiro atoms. The Morgan fingerprint density at radius 2 is 2.12 bits per heavy atom. The van der Waals surface area contributed by atoms with E-state index in [-0.39, 0.29) is 5.91 Å². The van der Waals surface area contributed by atoms with Crippen LogP contribution in [0.5, 0.6) is 0 Å². The lowest BCUT2D eigenvalue weighted by molar-refractivity contribution is -0.117. The lowest BCUT2D eigenvalue weighted by Crippen LogP contribution is -2.34. The number of benzene rings is 1. The second kappa shape index (κ2) is 5.68. The van der Waals surface area contributed by atoms with Gasteiger partial charge in [0.1, 0.15) is 0 Å². The Labute approximate surface area is 103 Å². The van der Waals surface area contributed by atoms with Crippen molar-refractivity contribution >= 4 is 17.3 Å². The molecular formula is C13H21N3O. The smallest absolute Gasteiger partial charge is 0.241 e. The number of amides is 1. The average molecular weight is 235 g/mol. The summed E-state index contributed by atoms with van der Waals surface area (Å²) in [5.41, 5.74) is 8.72. The Bertz CT molecular complexity index is 402. The highest BCUT2D eigenvalue weighted by atomic mass is 16.2. The minimum Gasteiger partial charge on any atom is -0.377 e. The Kier molecular flexibility index (Phi) is 4.52. The number of anilines is 2. The largest absolute Gasteiger partial charge is 0.377 e. The van der Waals surface area contributed by atoms with Gasteiger partial charge in [0.2, 0.25) is 5.91 Å². The first-order valence-electron chi connectivity index (χ1n) is 5.80. The molecule has 0 heterocycles. The highest BCUT2D eigenvalue weighted by molar-refractivity contribution is 5.95. The van der Waals surface area contributed by atoms with E-state index in [1.165, 1.54) is 5.56 Å². The van der Waals surface area contributed by atoms with Gasteiger partial charge in [0.15, 0.2) is 0 Å². The number of nitrogens with zero attached hydrogens (tertiary/aromatic N) is 1. The summed E-state index contributed by atoms with van der Waals surface area (Å²) in [5, 5.41) is 2.82. The maximum absolute atomic E-state index is 11.7. The zero-order chi connectivity index (χ0) is 13.0. The highest BCUT2D eigenvalue weighted by Crippen LogP contribution is 2.22. The summed E-state index contributed by atoms with van der Waals surface area (Å²) in [7, 11) is 3.96. The van der Waals surface area contributed by atoms with Gasteiger partial charge in [-0.25, -0.2) is 0 Å². The minimum absolute atomic E-state index is 0.138. The van der Waals surface area contributed by atoms with E-state index >= 15 is 0 Å². The molecule has 0 aliphatic rings. The van der Waals surface area contributed by atoms with Gasteiger partial charge in [0.05, 0.1) is 6.04 Å². The monoisotopic (exact) mass is 235 g/mol. The summed E-state index contributed by atoms with van der Waals surface area (Å²) in [6, 6.07) is 5.39. The molecule has 0 fully saturated rings. The molecule has 0 saturated heterocycles. The van der Waals surface area contributed by atoms with E-state index < -0.39 is 6.04 Å². The number of rotatable bonds is 4. The van der Waals surface area contributed by atoms with Crippen molar-refractivity contribution in [2.45, 2.75) is 26.3 Å². The van der Waals surface area contributed by atoms with Gasteiger partial charge in [-0.2, -0.15) is 0 Å². The van der Waals surface area contributed by atoms with Crippen LogP contribution in [-0.4, -0.2) is 26.0 Å². The zero-order valence-electron chi connectivity index (χ0n) is 10.9. The number of hydrogen-bond acceptors (Lipinski definition) is 3. The SMILES string of the molecule is CC[C@@H](N)C(=O)Nc1ccc(C)c(N(C)C)c1. The van der Waals surface area contributed by atoms with Crippen molar-refractivity contribution in [2.24, 2.45) is 5.73 Å². The molecule has 17 heavy (non-hydrogen) atoms. The number of carbonyl (C=O) groups is 1. The summed E-state index contributed by atoms with van der Waals surface area (Å²) in [6.45, 7) is 3.93. The van der Waals surface area contributed by atoms with Gasteiger partial charge in [-0.05, 0) is 31.0 Å².